The molecule has 0 aliphatic heterocycles. The van der Waals surface area contributed by atoms with E-state index in [2.05, 4.69) is 15.2 Å². The van der Waals surface area contributed by atoms with Crippen LogP contribution in [-0.2, 0) is 6.54 Å². The maximum atomic E-state index is 12.6. The summed E-state index contributed by atoms with van der Waals surface area (Å²) in [6.45, 7) is 2.71. The zero-order chi connectivity index (χ0) is 18.1. The number of hydrogen-bond acceptors (Lipinski definition) is 3. The maximum absolute atomic E-state index is 12.6. The van der Waals surface area contributed by atoms with E-state index in [1.165, 1.54) is 0 Å². The predicted molar refractivity (Wildman–Crippen MR) is 102 cm³/mol. The third-order valence-corrected chi connectivity index (χ3v) is 4.48. The van der Waals surface area contributed by atoms with Gasteiger partial charge in [0.1, 0.15) is 0 Å². The van der Waals surface area contributed by atoms with Gasteiger partial charge in [0.05, 0.1) is 32.7 Å². The van der Waals surface area contributed by atoms with Crippen molar-refractivity contribution in [2.75, 3.05) is 19.4 Å². The molecule has 0 radical (unpaired) electrons. The summed E-state index contributed by atoms with van der Waals surface area (Å²) in [5.74, 6) is -0.362. The van der Waals surface area contributed by atoms with Crippen molar-refractivity contribution in [2.24, 2.45) is 0 Å². The van der Waals surface area contributed by atoms with E-state index in [4.69, 9.17) is 23.2 Å². The number of amides is 1. The van der Waals surface area contributed by atoms with Crippen LogP contribution in [0.2, 0.25) is 10.0 Å². The first-order valence-electron chi connectivity index (χ1n) is 7.75. The number of nitrogens with one attached hydrogen (secondary N) is 1. The highest BCUT2D eigenvalue weighted by Crippen LogP contribution is 2.27. The van der Waals surface area contributed by atoms with Crippen LogP contribution in [0.15, 0.2) is 36.5 Å². The van der Waals surface area contributed by atoms with E-state index in [0.29, 0.717) is 21.4 Å². The van der Waals surface area contributed by atoms with Gasteiger partial charge >= 0.3 is 0 Å². The Labute approximate surface area is 156 Å². The fourth-order valence-corrected chi connectivity index (χ4v) is 3.29. The summed E-state index contributed by atoms with van der Waals surface area (Å²) in [5.41, 5.74) is 3.55. The van der Waals surface area contributed by atoms with Gasteiger partial charge in [-0.25, -0.2) is 4.98 Å². The number of rotatable bonds is 4. The minimum absolute atomic E-state index is 0.254. The summed E-state index contributed by atoms with van der Waals surface area (Å²) >= 11 is 12.2. The van der Waals surface area contributed by atoms with Gasteiger partial charge in [0.25, 0.3) is 5.91 Å². The molecule has 5 nitrogen and oxygen atoms in total. The topological polar surface area (TPSA) is 49.6 Å². The van der Waals surface area contributed by atoms with Crippen LogP contribution in [0.3, 0.4) is 0 Å². The van der Waals surface area contributed by atoms with Crippen LogP contribution in [0.5, 0.6) is 0 Å². The van der Waals surface area contributed by atoms with Crippen LogP contribution in [0.25, 0.3) is 5.65 Å². The highest BCUT2D eigenvalue weighted by Gasteiger charge is 2.18. The molecule has 0 fully saturated rings. The van der Waals surface area contributed by atoms with E-state index in [-0.39, 0.29) is 11.5 Å². The zero-order valence-corrected chi connectivity index (χ0v) is 15.7. The molecule has 2 heterocycles. The molecule has 0 aliphatic carbocycles. The summed E-state index contributed by atoms with van der Waals surface area (Å²) < 4.78 is 1.99. The minimum Gasteiger partial charge on any atom is -0.319 e. The average molecular weight is 377 g/mol. The van der Waals surface area contributed by atoms with Gasteiger partial charge in [-0.2, -0.15) is 0 Å². The van der Waals surface area contributed by atoms with Gasteiger partial charge in [-0.3, -0.25) is 4.79 Å². The molecule has 0 bridgehead atoms. The summed E-state index contributed by atoms with van der Waals surface area (Å²) in [6, 6.07) is 8.66. The van der Waals surface area contributed by atoms with Crippen molar-refractivity contribution in [3.8, 4) is 0 Å². The lowest BCUT2D eigenvalue weighted by Gasteiger charge is -2.12. The Hall–Kier alpha value is -2.08. The molecular formula is C18H18Cl2N4O. The van der Waals surface area contributed by atoms with E-state index in [9.17, 15) is 4.79 Å². The normalized spacial score (nSPS) is 11.3. The van der Waals surface area contributed by atoms with Crippen LogP contribution >= 0.6 is 23.2 Å². The molecule has 0 saturated carbocycles. The number of carbonyl (C=O) groups is 1. The lowest BCUT2D eigenvalue weighted by molar-refractivity contribution is 0.102. The van der Waals surface area contributed by atoms with Crippen molar-refractivity contribution in [3.63, 3.8) is 0 Å². The third-order valence-electron chi connectivity index (χ3n) is 3.85. The van der Waals surface area contributed by atoms with Crippen LogP contribution in [-0.4, -0.2) is 34.3 Å². The fourth-order valence-electron chi connectivity index (χ4n) is 2.72. The number of carbonyl (C=O) groups excluding carboxylic acids is 1. The van der Waals surface area contributed by atoms with E-state index in [0.717, 1.165) is 17.9 Å². The first-order chi connectivity index (χ1) is 11.9. The van der Waals surface area contributed by atoms with Crippen molar-refractivity contribution >= 4 is 40.4 Å². The second kappa shape index (κ2) is 7.04. The molecule has 25 heavy (non-hydrogen) atoms. The molecule has 7 heteroatoms. The lowest BCUT2D eigenvalue weighted by Crippen LogP contribution is -2.15. The van der Waals surface area contributed by atoms with Crippen molar-refractivity contribution in [1.82, 2.24) is 14.3 Å². The van der Waals surface area contributed by atoms with Gasteiger partial charge in [0, 0.05) is 12.7 Å². The molecule has 2 aromatic heterocycles. The first-order valence-corrected chi connectivity index (χ1v) is 8.50. The molecular weight excluding hydrogens is 359 g/mol. The van der Waals surface area contributed by atoms with Crippen molar-refractivity contribution in [2.45, 2.75) is 13.5 Å². The third kappa shape index (κ3) is 3.49. The molecule has 0 unspecified atom stereocenters. The summed E-state index contributed by atoms with van der Waals surface area (Å²) in [5, 5.41) is 3.49. The Morgan fingerprint density at radius 1 is 1.20 bits per heavy atom. The van der Waals surface area contributed by atoms with Crippen molar-refractivity contribution < 1.29 is 4.79 Å². The second-order valence-corrected chi connectivity index (χ2v) is 6.86. The van der Waals surface area contributed by atoms with Gasteiger partial charge in [-0.05, 0) is 45.3 Å². The molecule has 1 aromatic carbocycles. The van der Waals surface area contributed by atoms with Gasteiger partial charge in [0.2, 0.25) is 0 Å². The van der Waals surface area contributed by atoms with Gasteiger partial charge in [0.15, 0.2) is 5.65 Å². The molecule has 1 amide bonds. The Morgan fingerprint density at radius 2 is 1.88 bits per heavy atom. The molecule has 0 spiro atoms. The number of halogens is 2. The molecule has 0 aliphatic rings. The Morgan fingerprint density at radius 3 is 2.52 bits per heavy atom. The monoisotopic (exact) mass is 376 g/mol. The highest BCUT2D eigenvalue weighted by atomic mass is 35.5. The summed E-state index contributed by atoms with van der Waals surface area (Å²) in [6.07, 6.45) is 1.94. The number of nitrogens with zero attached hydrogens (tertiary/aromatic N) is 3. The van der Waals surface area contributed by atoms with E-state index < -0.39 is 0 Å². The number of aryl methyl sites for hydroxylation is 1. The zero-order valence-electron chi connectivity index (χ0n) is 14.2. The van der Waals surface area contributed by atoms with Gasteiger partial charge < -0.3 is 14.6 Å². The Balaban J connectivity index is 2.01. The number of hydrogen-bond donors (Lipinski definition) is 1. The molecule has 0 saturated heterocycles. The van der Waals surface area contributed by atoms with Crippen LogP contribution in [0, 0.1) is 6.92 Å². The lowest BCUT2D eigenvalue weighted by atomic mass is 10.2. The van der Waals surface area contributed by atoms with E-state index in [1.54, 1.807) is 18.2 Å². The molecule has 1 N–H and O–H groups in total. The fraction of sp³-hybridized carbons (Fsp3) is 0.222. The standard InChI is InChI=1S/C18H18Cl2N4O/c1-11-15(10-23(2)3)24-9-5-8-14(17(24)21-11)22-18(25)16-12(19)6-4-7-13(16)20/h4-9H,10H2,1-3H3,(H,22,25). The van der Waals surface area contributed by atoms with E-state index in [1.807, 2.05) is 43.7 Å². The summed E-state index contributed by atoms with van der Waals surface area (Å²) in [4.78, 5) is 19.3. The highest BCUT2D eigenvalue weighted by molar-refractivity contribution is 6.40. The van der Waals surface area contributed by atoms with Crippen LogP contribution in [0.1, 0.15) is 21.7 Å². The van der Waals surface area contributed by atoms with Crippen LogP contribution < -0.4 is 5.32 Å². The minimum atomic E-state index is -0.362. The average Bonchev–Trinajstić information content (AvgIpc) is 2.84. The van der Waals surface area contributed by atoms with E-state index >= 15 is 0 Å². The molecule has 0 atom stereocenters. The number of anilines is 1. The predicted octanol–water partition coefficient (Wildman–Crippen LogP) is 4.26. The number of fused-ring (bicyclic) bond motifs is 1. The van der Waals surface area contributed by atoms with Gasteiger partial charge in [-0.15, -0.1) is 0 Å². The molecule has 3 aromatic rings. The smallest absolute Gasteiger partial charge is 0.258 e. The SMILES string of the molecule is Cc1nc2c(NC(=O)c3c(Cl)cccc3Cl)cccn2c1CN(C)C. The Bertz CT molecular complexity index is 929. The number of pyridine rings is 1. The summed E-state index contributed by atoms with van der Waals surface area (Å²) in [7, 11) is 4.01. The first kappa shape index (κ1) is 17.7. The maximum Gasteiger partial charge on any atom is 0.258 e. The quantitative estimate of drug-likeness (QED) is 0.739. The largest absolute Gasteiger partial charge is 0.319 e. The number of benzene rings is 1. The van der Waals surface area contributed by atoms with Gasteiger partial charge in [-0.1, -0.05) is 29.3 Å². The number of imidazole rings is 1. The Kier molecular flexibility index (Phi) is 4.99. The number of aromatic nitrogens is 2. The van der Waals surface area contributed by atoms with Crippen molar-refractivity contribution in [1.29, 1.82) is 0 Å². The molecule has 130 valence electrons. The van der Waals surface area contributed by atoms with Crippen LogP contribution in [0.4, 0.5) is 5.69 Å². The molecule has 3 rings (SSSR count). The second-order valence-electron chi connectivity index (χ2n) is 6.05. The van der Waals surface area contributed by atoms with Crippen molar-refractivity contribution in [3.05, 3.63) is 63.5 Å².